The maximum absolute atomic E-state index is 10.3. The maximum atomic E-state index is 10.3. The fourth-order valence-electron chi connectivity index (χ4n) is 3.36. The number of aryl methyl sites for hydroxylation is 1. The van der Waals surface area contributed by atoms with Gasteiger partial charge in [-0.15, -0.1) is 0 Å². The van der Waals surface area contributed by atoms with Crippen LogP contribution < -0.4 is 4.74 Å². The molecule has 0 unspecified atom stereocenters. The Bertz CT molecular complexity index is 422. The highest BCUT2D eigenvalue weighted by atomic mass is 16.5. The normalized spacial score (nSPS) is 24.2. The number of aliphatic hydroxyl groups excluding tert-OH is 1. The minimum absolute atomic E-state index is 0.364. The second kappa shape index (κ2) is 8.54. The Morgan fingerprint density at radius 1 is 1.18 bits per heavy atom. The van der Waals surface area contributed by atoms with Gasteiger partial charge in [0.2, 0.25) is 0 Å². The highest BCUT2D eigenvalue weighted by molar-refractivity contribution is 5.27. The molecule has 0 bridgehead atoms. The molecule has 3 atom stereocenters. The summed E-state index contributed by atoms with van der Waals surface area (Å²) < 4.78 is 5.74. The molecular formula is C19H31NO2. The first kappa shape index (κ1) is 17.3. The predicted molar refractivity (Wildman–Crippen MR) is 91.4 cm³/mol. The molecule has 0 aromatic heterocycles. The first-order chi connectivity index (χ1) is 10.6. The number of piperidine rings is 1. The lowest BCUT2D eigenvalue weighted by molar-refractivity contribution is 0.0209. The van der Waals surface area contributed by atoms with Gasteiger partial charge >= 0.3 is 0 Å². The van der Waals surface area contributed by atoms with Crippen LogP contribution in [0.15, 0.2) is 24.3 Å². The zero-order chi connectivity index (χ0) is 15.9. The van der Waals surface area contributed by atoms with Crippen LogP contribution in [-0.4, -0.2) is 41.3 Å². The summed E-state index contributed by atoms with van der Waals surface area (Å²) in [6.07, 6.45) is 5.60. The van der Waals surface area contributed by atoms with Crippen LogP contribution in [0, 0.1) is 0 Å². The number of rotatable bonds is 7. The van der Waals surface area contributed by atoms with Crippen LogP contribution in [-0.2, 0) is 6.42 Å². The Labute approximate surface area is 135 Å². The summed E-state index contributed by atoms with van der Waals surface area (Å²) in [6, 6.07) is 9.35. The molecule has 1 fully saturated rings. The molecule has 22 heavy (non-hydrogen) atoms. The van der Waals surface area contributed by atoms with E-state index < -0.39 is 6.10 Å². The number of β-amino-alcohol motifs (C(OH)–C–C–N with tert-alkyl or cyclic N) is 1. The molecule has 0 radical (unpaired) electrons. The van der Waals surface area contributed by atoms with E-state index in [0.29, 0.717) is 25.2 Å². The van der Waals surface area contributed by atoms with Gasteiger partial charge in [0.1, 0.15) is 18.5 Å². The molecule has 1 heterocycles. The van der Waals surface area contributed by atoms with E-state index in [0.717, 1.165) is 18.6 Å². The third-order valence-corrected chi connectivity index (χ3v) is 4.70. The van der Waals surface area contributed by atoms with Crippen molar-refractivity contribution < 1.29 is 9.84 Å². The Morgan fingerprint density at radius 2 is 1.82 bits per heavy atom. The van der Waals surface area contributed by atoms with Gasteiger partial charge in [0.05, 0.1) is 0 Å². The third kappa shape index (κ3) is 4.99. The van der Waals surface area contributed by atoms with Crippen molar-refractivity contribution in [3.63, 3.8) is 0 Å². The van der Waals surface area contributed by atoms with Gasteiger partial charge in [-0.05, 0) is 50.8 Å². The van der Waals surface area contributed by atoms with Crippen molar-refractivity contribution >= 4 is 0 Å². The van der Waals surface area contributed by atoms with Crippen molar-refractivity contribution in [2.24, 2.45) is 0 Å². The average molecular weight is 305 g/mol. The van der Waals surface area contributed by atoms with Gasteiger partial charge in [-0.2, -0.15) is 0 Å². The topological polar surface area (TPSA) is 32.7 Å². The zero-order valence-corrected chi connectivity index (χ0v) is 14.3. The van der Waals surface area contributed by atoms with E-state index in [1.165, 1.54) is 24.8 Å². The Hall–Kier alpha value is -1.06. The largest absolute Gasteiger partial charge is 0.491 e. The number of nitrogens with zero attached hydrogens (tertiary/aromatic N) is 1. The molecule has 124 valence electrons. The van der Waals surface area contributed by atoms with Crippen molar-refractivity contribution in [1.29, 1.82) is 0 Å². The maximum Gasteiger partial charge on any atom is 0.119 e. The number of hydrogen-bond donors (Lipinski definition) is 1. The second-order valence-corrected chi connectivity index (χ2v) is 6.68. The predicted octanol–water partition coefficient (Wildman–Crippen LogP) is 3.64. The van der Waals surface area contributed by atoms with E-state index in [1.54, 1.807) is 0 Å². The number of likely N-dealkylation sites (tertiary alicyclic amines) is 1. The van der Waals surface area contributed by atoms with Crippen molar-refractivity contribution in [2.45, 2.75) is 71.1 Å². The number of ether oxygens (including phenoxy) is 1. The van der Waals surface area contributed by atoms with Gasteiger partial charge in [-0.25, -0.2) is 0 Å². The molecule has 2 rings (SSSR count). The number of hydrogen-bond acceptors (Lipinski definition) is 3. The SMILES string of the molecule is CCCc1ccc(OC[C@H](O)CN2[C@H](C)CCC[C@@H]2C)cc1. The average Bonchev–Trinajstić information content (AvgIpc) is 2.51. The molecule has 0 saturated carbocycles. The minimum Gasteiger partial charge on any atom is -0.491 e. The van der Waals surface area contributed by atoms with Crippen molar-refractivity contribution in [3.8, 4) is 5.75 Å². The van der Waals surface area contributed by atoms with E-state index >= 15 is 0 Å². The summed E-state index contributed by atoms with van der Waals surface area (Å²) in [5.74, 6) is 0.846. The van der Waals surface area contributed by atoms with Gasteiger partial charge in [0, 0.05) is 18.6 Å². The summed E-state index contributed by atoms with van der Waals surface area (Å²) in [5.41, 5.74) is 1.34. The summed E-state index contributed by atoms with van der Waals surface area (Å²) in [5, 5.41) is 10.3. The molecule has 0 aliphatic carbocycles. The second-order valence-electron chi connectivity index (χ2n) is 6.68. The van der Waals surface area contributed by atoms with Crippen LogP contribution in [0.2, 0.25) is 0 Å². The van der Waals surface area contributed by atoms with Crippen molar-refractivity contribution in [1.82, 2.24) is 4.90 Å². The first-order valence-electron chi connectivity index (χ1n) is 8.75. The molecule has 1 N–H and O–H groups in total. The lowest BCUT2D eigenvalue weighted by Crippen LogP contribution is -2.48. The zero-order valence-electron chi connectivity index (χ0n) is 14.3. The molecule has 1 aromatic rings. The van der Waals surface area contributed by atoms with Crippen molar-refractivity contribution in [3.05, 3.63) is 29.8 Å². The first-order valence-corrected chi connectivity index (χ1v) is 8.75. The molecule has 3 nitrogen and oxygen atoms in total. The van der Waals surface area contributed by atoms with Crippen LogP contribution in [0.5, 0.6) is 5.75 Å². The minimum atomic E-state index is -0.432. The van der Waals surface area contributed by atoms with Crippen LogP contribution in [0.25, 0.3) is 0 Å². The molecule has 3 heteroatoms. The van der Waals surface area contributed by atoms with Crippen LogP contribution in [0.3, 0.4) is 0 Å². The molecule has 0 amide bonds. The standard InChI is InChI=1S/C19H31NO2/c1-4-6-17-9-11-19(12-10-17)22-14-18(21)13-20-15(2)7-5-8-16(20)3/h9-12,15-16,18,21H,4-8,13-14H2,1-3H3/t15-,16+,18-/m1/s1. The molecule has 1 saturated heterocycles. The summed E-state index contributed by atoms with van der Waals surface area (Å²) in [7, 11) is 0. The Balaban J connectivity index is 1.78. The van der Waals surface area contributed by atoms with Crippen LogP contribution >= 0.6 is 0 Å². The monoisotopic (exact) mass is 305 g/mol. The van der Waals surface area contributed by atoms with E-state index in [4.69, 9.17) is 4.74 Å². The van der Waals surface area contributed by atoms with E-state index in [1.807, 2.05) is 12.1 Å². The number of aliphatic hydroxyl groups is 1. The highest BCUT2D eigenvalue weighted by Gasteiger charge is 2.26. The molecule has 1 aliphatic heterocycles. The quantitative estimate of drug-likeness (QED) is 0.835. The van der Waals surface area contributed by atoms with Gasteiger partial charge < -0.3 is 9.84 Å². The molecule has 1 aliphatic rings. The van der Waals surface area contributed by atoms with E-state index in [9.17, 15) is 5.11 Å². The Kier molecular flexibility index (Phi) is 6.71. The molecule has 0 spiro atoms. The van der Waals surface area contributed by atoms with Crippen molar-refractivity contribution in [2.75, 3.05) is 13.2 Å². The summed E-state index contributed by atoms with van der Waals surface area (Å²) >= 11 is 0. The summed E-state index contributed by atoms with van der Waals surface area (Å²) in [4.78, 5) is 2.42. The fraction of sp³-hybridized carbons (Fsp3) is 0.684. The molecular weight excluding hydrogens is 274 g/mol. The number of benzene rings is 1. The lowest BCUT2D eigenvalue weighted by Gasteiger charge is -2.40. The van der Waals surface area contributed by atoms with Gasteiger partial charge in [-0.1, -0.05) is 31.9 Å². The highest BCUT2D eigenvalue weighted by Crippen LogP contribution is 2.22. The van der Waals surface area contributed by atoms with Gasteiger partial charge in [-0.3, -0.25) is 4.90 Å². The summed E-state index contributed by atoms with van der Waals surface area (Å²) in [6.45, 7) is 7.77. The van der Waals surface area contributed by atoms with Gasteiger partial charge in [0.25, 0.3) is 0 Å². The van der Waals surface area contributed by atoms with Gasteiger partial charge in [0.15, 0.2) is 0 Å². The van der Waals surface area contributed by atoms with Crippen LogP contribution in [0.1, 0.15) is 52.0 Å². The smallest absolute Gasteiger partial charge is 0.119 e. The van der Waals surface area contributed by atoms with Crippen LogP contribution in [0.4, 0.5) is 0 Å². The third-order valence-electron chi connectivity index (χ3n) is 4.70. The Morgan fingerprint density at radius 3 is 2.41 bits per heavy atom. The van der Waals surface area contributed by atoms with E-state index in [2.05, 4.69) is 37.8 Å². The van der Waals surface area contributed by atoms with E-state index in [-0.39, 0.29) is 0 Å². The fourth-order valence-corrected chi connectivity index (χ4v) is 3.36. The lowest BCUT2D eigenvalue weighted by atomic mass is 9.97. The molecule has 1 aromatic carbocycles.